The van der Waals surface area contributed by atoms with E-state index in [2.05, 4.69) is 5.10 Å². The second kappa shape index (κ2) is 7.35. The van der Waals surface area contributed by atoms with Crippen molar-refractivity contribution in [1.82, 2.24) is 9.78 Å². The van der Waals surface area contributed by atoms with Gasteiger partial charge in [0, 0.05) is 18.2 Å². The topological polar surface area (TPSA) is 61.2 Å². The maximum atomic E-state index is 12.8. The van der Waals surface area contributed by atoms with Crippen molar-refractivity contribution in [2.75, 3.05) is 0 Å². The van der Waals surface area contributed by atoms with E-state index in [0.717, 1.165) is 11.1 Å². The van der Waals surface area contributed by atoms with E-state index in [-0.39, 0.29) is 11.7 Å². The number of carbonyl (C=O) groups is 1. The van der Waals surface area contributed by atoms with Crippen LogP contribution < -0.4 is 5.56 Å². The first kappa shape index (κ1) is 17.6. The number of benzene rings is 2. The predicted molar refractivity (Wildman–Crippen MR) is 101 cm³/mol. The Kier molecular flexibility index (Phi) is 4.98. The van der Waals surface area contributed by atoms with Gasteiger partial charge in [0.05, 0.1) is 11.8 Å². The maximum Gasteiger partial charge on any atom is 0.344 e. The summed E-state index contributed by atoms with van der Waals surface area (Å²) >= 11 is 0. The number of aromatic nitrogens is 2. The number of hydrogen-bond acceptors (Lipinski definition) is 4. The Labute approximate surface area is 151 Å². The van der Waals surface area contributed by atoms with E-state index in [9.17, 15) is 9.59 Å². The lowest BCUT2D eigenvalue weighted by atomic mass is 9.95. The molecule has 0 saturated carbocycles. The summed E-state index contributed by atoms with van der Waals surface area (Å²) < 4.78 is 6.53. The largest absolute Gasteiger partial charge is 0.459 e. The maximum absolute atomic E-state index is 12.8. The second-order valence-corrected chi connectivity index (χ2v) is 6.21. The minimum absolute atomic E-state index is 0.00116. The summed E-state index contributed by atoms with van der Waals surface area (Å²) in [6, 6.07) is 18.8. The molecular weight excluding hydrogens is 328 g/mol. The molecule has 0 atom stereocenters. The third kappa shape index (κ3) is 3.42. The zero-order valence-electron chi connectivity index (χ0n) is 15.0. The Morgan fingerprint density at radius 1 is 0.962 bits per heavy atom. The lowest BCUT2D eigenvalue weighted by Crippen LogP contribution is -2.30. The van der Waals surface area contributed by atoms with Gasteiger partial charge in [0.1, 0.15) is 5.56 Å². The number of ether oxygens (including phenoxy) is 1. The van der Waals surface area contributed by atoms with Crippen LogP contribution in [0, 0.1) is 0 Å². The normalized spacial score (nSPS) is 10.8. The number of nitrogens with zero attached hydrogens (tertiary/aromatic N) is 2. The number of hydrogen-bond donors (Lipinski definition) is 0. The molecule has 5 nitrogen and oxygen atoms in total. The van der Waals surface area contributed by atoms with Gasteiger partial charge in [-0.15, -0.1) is 0 Å². The molecule has 3 aromatic rings. The Morgan fingerprint density at radius 2 is 1.50 bits per heavy atom. The van der Waals surface area contributed by atoms with E-state index in [1.54, 1.807) is 13.8 Å². The van der Waals surface area contributed by atoms with Gasteiger partial charge in [-0.25, -0.2) is 9.48 Å². The molecule has 0 fully saturated rings. The van der Waals surface area contributed by atoms with Crippen molar-refractivity contribution in [3.8, 4) is 22.4 Å². The molecule has 5 heteroatoms. The lowest BCUT2D eigenvalue weighted by Gasteiger charge is -2.16. The van der Waals surface area contributed by atoms with Gasteiger partial charge >= 0.3 is 5.97 Å². The van der Waals surface area contributed by atoms with Crippen molar-refractivity contribution in [2.45, 2.75) is 20.0 Å². The molecule has 0 radical (unpaired) electrons. The third-order valence-corrected chi connectivity index (χ3v) is 3.90. The molecule has 0 aliphatic carbocycles. The van der Waals surface area contributed by atoms with E-state index in [1.807, 2.05) is 60.7 Å². The molecule has 1 heterocycles. The SMILES string of the molecule is CC(C)OC(=O)c1c(-c2ccccc2)c(-c2ccccc2)nn(C)c1=O. The molecule has 0 aliphatic rings. The van der Waals surface area contributed by atoms with Crippen molar-refractivity contribution < 1.29 is 9.53 Å². The average Bonchev–Trinajstić information content (AvgIpc) is 2.64. The summed E-state index contributed by atoms with van der Waals surface area (Å²) in [5, 5.41) is 4.44. The molecule has 132 valence electrons. The third-order valence-electron chi connectivity index (χ3n) is 3.90. The fourth-order valence-corrected chi connectivity index (χ4v) is 2.78. The summed E-state index contributed by atoms with van der Waals surface area (Å²) in [7, 11) is 1.54. The van der Waals surface area contributed by atoms with Crippen molar-refractivity contribution >= 4 is 5.97 Å². The van der Waals surface area contributed by atoms with E-state index in [0.29, 0.717) is 11.3 Å². The van der Waals surface area contributed by atoms with Crippen LogP contribution >= 0.6 is 0 Å². The van der Waals surface area contributed by atoms with Crippen molar-refractivity contribution in [3.05, 3.63) is 76.6 Å². The summed E-state index contributed by atoms with van der Waals surface area (Å²) in [6.45, 7) is 3.51. The zero-order valence-corrected chi connectivity index (χ0v) is 15.0. The summed E-state index contributed by atoms with van der Waals surface area (Å²) in [6.07, 6.45) is -0.329. The van der Waals surface area contributed by atoms with Gasteiger partial charge < -0.3 is 4.74 Å². The van der Waals surface area contributed by atoms with Crippen molar-refractivity contribution in [3.63, 3.8) is 0 Å². The summed E-state index contributed by atoms with van der Waals surface area (Å²) in [5.41, 5.74) is 2.14. The Balaban J connectivity index is 2.37. The fourth-order valence-electron chi connectivity index (χ4n) is 2.78. The molecule has 0 N–H and O–H groups in total. The van der Waals surface area contributed by atoms with Crippen LogP contribution in [-0.4, -0.2) is 21.9 Å². The fraction of sp³-hybridized carbons (Fsp3) is 0.190. The molecule has 0 unspecified atom stereocenters. The van der Waals surface area contributed by atoms with Crippen LogP contribution in [0.5, 0.6) is 0 Å². The Hall–Kier alpha value is -3.21. The van der Waals surface area contributed by atoms with Gasteiger partial charge in [-0.3, -0.25) is 4.79 Å². The molecule has 0 saturated heterocycles. The van der Waals surface area contributed by atoms with Gasteiger partial charge in [0.25, 0.3) is 5.56 Å². The first-order valence-electron chi connectivity index (χ1n) is 8.42. The molecule has 0 spiro atoms. The molecule has 0 bridgehead atoms. The highest BCUT2D eigenvalue weighted by Crippen LogP contribution is 2.32. The highest BCUT2D eigenvalue weighted by Gasteiger charge is 2.25. The smallest absolute Gasteiger partial charge is 0.344 e. The number of rotatable bonds is 4. The number of carbonyl (C=O) groups excluding carboxylic acids is 1. The highest BCUT2D eigenvalue weighted by atomic mass is 16.5. The second-order valence-electron chi connectivity index (χ2n) is 6.21. The molecule has 26 heavy (non-hydrogen) atoms. The average molecular weight is 348 g/mol. The van der Waals surface area contributed by atoms with Crippen molar-refractivity contribution in [2.24, 2.45) is 7.05 Å². The quantitative estimate of drug-likeness (QED) is 0.675. The molecule has 1 aromatic heterocycles. The van der Waals surface area contributed by atoms with Crippen LogP contribution in [-0.2, 0) is 11.8 Å². The van der Waals surface area contributed by atoms with E-state index < -0.39 is 11.5 Å². The summed E-state index contributed by atoms with van der Waals surface area (Å²) in [4.78, 5) is 25.5. The highest BCUT2D eigenvalue weighted by molar-refractivity contribution is 6.00. The monoisotopic (exact) mass is 348 g/mol. The zero-order chi connectivity index (χ0) is 18.7. The lowest BCUT2D eigenvalue weighted by molar-refractivity contribution is 0.0375. The standard InChI is InChI=1S/C21H20N2O3/c1-14(2)26-21(25)18-17(15-10-6-4-7-11-15)19(22-23(3)20(18)24)16-12-8-5-9-13-16/h4-14H,1-3H3. The summed E-state index contributed by atoms with van der Waals surface area (Å²) in [5.74, 6) is -0.640. The molecule has 0 amide bonds. The Bertz CT molecular complexity index is 977. The molecular formula is C21H20N2O3. The molecule has 0 aliphatic heterocycles. The van der Waals surface area contributed by atoms with Gasteiger partial charge in [-0.1, -0.05) is 60.7 Å². The van der Waals surface area contributed by atoms with Crippen LogP contribution in [0.15, 0.2) is 65.5 Å². The van der Waals surface area contributed by atoms with E-state index in [4.69, 9.17) is 4.74 Å². The van der Waals surface area contributed by atoms with Gasteiger partial charge in [-0.05, 0) is 19.4 Å². The molecule has 2 aromatic carbocycles. The van der Waals surface area contributed by atoms with Crippen LogP contribution in [0.4, 0.5) is 0 Å². The van der Waals surface area contributed by atoms with Crippen LogP contribution in [0.1, 0.15) is 24.2 Å². The molecule has 3 rings (SSSR count). The van der Waals surface area contributed by atoms with Gasteiger partial charge in [-0.2, -0.15) is 5.10 Å². The number of esters is 1. The van der Waals surface area contributed by atoms with Crippen molar-refractivity contribution in [1.29, 1.82) is 0 Å². The van der Waals surface area contributed by atoms with Crippen LogP contribution in [0.25, 0.3) is 22.4 Å². The number of aryl methyl sites for hydroxylation is 1. The van der Waals surface area contributed by atoms with Crippen LogP contribution in [0.3, 0.4) is 0 Å². The predicted octanol–water partition coefficient (Wildman–Crippen LogP) is 3.68. The first-order valence-corrected chi connectivity index (χ1v) is 8.42. The van der Waals surface area contributed by atoms with Gasteiger partial charge in [0.15, 0.2) is 0 Å². The van der Waals surface area contributed by atoms with Crippen LogP contribution in [0.2, 0.25) is 0 Å². The minimum Gasteiger partial charge on any atom is -0.459 e. The van der Waals surface area contributed by atoms with E-state index in [1.165, 1.54) is 11.7 Å². The first-order chi connectivity index (χ1) is 12.5. The van der Waals surface area contributed by atoms with Gasteiger partial charge in [0.2, 0.25) is 0 Å². The Morgan fingerprint density at radius 3 is 2.04 bits per heavy atom. The van der Waals surface area contributed by atoms with E-state index >= 15 is 0 Å². The minimum atomic E-state index is -0.640.